The zero-order valence-corrected chi connectivity index (χ0v) is 19.7. The van der Waals surface area contributed by atoms with Crippen molar-refractivity contribution in [3.05, 3.63) is 83.4 Å². The summed E-state index contributed by atoms with van der Waals surface area (Å²) in [5, 5.41) is 28.4. The minimum absolute atomic E-state index is 0.00273. The summed E-state index contributed by atoms with van der Waals surface area (Å²) in [6.07, 6.45) is -0.574. The number of carboxylic acids is 1. The number of rotatable bonds is 6. The minimum Gasteiger partial charge on any atom is -0.481 e. The maximum Gasteiger partial charge on any atom is 0.488 e. The molecule has 3 N–H and O–H groups in total. The first-order valence-electron chi connectivity index (χ1n) is 12.0. The molecular formula is C27H27BN2O6. The van der Waals surface area contributed by atoms with Gasteiger partial charge in [-0.2, -0.15) is 0 Å². The Morgan fingerprint density at radius 1 is 0.889 bits per heavy atom. The third kappa shape index (κ3) is 4.80. The molecule has 8 nitrogen and oxygen atoms in total. The van der Waals surface area contributed by atoms with E-state index < -0.39 is 13.1 Å². The second kappa shape index (κ2) is 10.0. The van der Waals surface area contributed by atoms with E-state index in [-0.39, 0.29) is 30.5 Å². The lowest BCUT2D eigenvalue weighted by Gasteiger charge is -2.36. The average Bonchev–Trinajstić information content (AvgIpc) is 3.20. The van der Waals surface area contributed by atoms with Crippen LogP contribution in [0.5, 0.6) is 0 Å². The van der Waals surface area contributed by atoms with E-state index in [0.717, 1.165) is 0 Å². The molecule has 0 aromatic heterocycles. The zero-order valence-electron chi connectivity index (χ0n) is 19.7. The SMILES string of the molecule is O=C(O)Cc1cc(B(O)O)cc(N2CCN(C(=O)OCC3c4ccccc4-c4ccccc43)CC2)c1. The van der Waals surface area contributed by atoms with Gasteiger partial charge in [0.15, 0.2) is 0 Å². The Labute approximate surface area is 209 Å². The molecule has 0 saturated carbocycles. The maximum atomic E-state index is 12.9. The molecule has 1 amide bonds. The molecule has 184 valence electrons. The Balaban J connectivity index is 1.22. The largest absolute Gasteiger partial charge is 0.488 e. The summed E-state index contributed by atoms with van der Waals surface area (Å²) in [5.41, 5.74) is 6.12. The highest BCUT2D eigenvalue weighted by molar-refractivity contribution is 6.58. The van der Waals surface area contributed by atoms with Gasteiger partial charge in [0.25, 0.3) is 0 Å². The van der Waals surface area contributed by atoms with Gasteiger partial charge < -0.3 is 29.7 Å². The van der Waals surface area contributed by atoms with Crippen LogP contribution in [0, 0.1) is 0 Å². The van der Waals surface area contributed by atoms with Gasteiger partial charge >= 0.3 is 19.2 Å². The van der Waals surface area contributed by atoms with Crippen LogP contribution in [0.15, 0.2) is 66.7 Å². The lowest BCUT2D eigenvalue weighted by Crippen LogP contribution is -2.49. The van der Waals surface area contributed by atoms with Crippen LogP contribution in [-0.4, -0.2) is 72.0 Å². The summed E-state index contributed by atoms with van der Waals surface area (Å²) < 4.78 is 5.77. The monoisotopic (exact) mass is 486 g/mol. The molecule has 0 atom stereocenters. The van der Waals surface area contributed by atoms with Crippen LogP contribution in [0.3, 0.4) is 0 Å². The molecule has 2 aliphatic rings. The second-order valence-corrected chi connectivity index (χ2v) is 9.16. The average molecular weight is 486 g/mol. The van der Waals surface area contributed by atoms with E-state index in [0.29, 0.717) is 37.4 Å². The topological polar surface area (TPSA) is 111 Å². The van der Waals surface area contributed by atoms with Crippen molar-refractivity contribution >= 4 is 30.3 Å². The lowest BCUT2D eigenvalue weighted by molar-refractivity contribution is -0.136. The molecule has 1 aliphatic heterocycles. The summed E-state index contributed by atoms with van der Waals surface area (Å²) in [6.45, 7) is 2.18. The Hall–Kier alpha value is -3.82. The number of piperazine rings is 1. The van der Waals surface area contributed by atoms with Crippen molar-refractivity contribution in [2.24, 2.45) is 0 Å². The fraction of sp³-hybridized carbons (Fsp3) is 0.259. The molecule has 5 rings (SSSR count). The number of nitrogens with zero attached hydrogens (tertiary/aromatic N) is 2. The van der Waals surface area contributed by atoms with Crippen LogP contribution < -0.4 is 10.4 Å². The minimum atomic E-state index is -1.69. The molecule has 36 heavy (non-hydrogen) atoms. The maximum absolute atomic E-state index is 12.9. The van der Waals surface area contributed by atoms with Gasteiger partial charge in [-0.1, -0.05) is 54.6 Å². The van der Waals surface area contributed by atoms with Crippen LogP contribution in [0.1, 0.15) is 22.6 Å². The van der Waals surface area contributed by atoms with Crippen LogP contribution in [0.4, 0.5) is 10.5 Å². The van der Waals surface area contributed by atoms with E-state index in [4.69, 9.17) is 9.84 Å². The number of ether oxygens (including phenoxy) is 1. The highest BCUT2D eigenvalue weighted by Crippen LogP contribution is 2.44. The molecule has 3 aromatic rings. The van der Waals surface area contributed by atoms with Crippen molar-refractivity contribution in [1.29, 1.82) is 0 Å². The third-order valence-corrected chi connectivity index (χ3v) is 6.89. The first-order valence-corrected chi connectivity index (χ1v) is 12.0. The van der Waals surface area contributed by atoms with Gasteiger partial charge in [-0.05, 0) is 45.4 Å². The second-order valence-electron chi connectivity index (χ2n) is 9.16. The molecule has 0 bridgehead atoms. The molecule has 1 fully saturated rings. The smallest absolute Gasteiger partial charge is 0.481 e. The number of fused-ring (bicyclic) bond motifs is 3. The molecule has 0 unspecified atom stereocenters. The van der Waals surface area contributed by atoms with E-state index in [9.17, 15) is 19.6 Å². The third-order valence-electron chi connectivity index (χ3n) is 6.89. The quantitative estimate of drug-likeness (QED) is 0.458. The van der Waals surface area contributed by atoms with Crippen molar-refractivity contribution in [2.45, 2.75) is 12.3 Å². The van der Waals surface area contributed by atoms with E-state index in [1.807, 2.05) is 29.2 Å². The number of hydrogen-bond donors (Lipinski definition) is 3. The summed E-state index contributed by atoms with van der Waals surface area (Å²) in [5.74, 6) is -0.992. The Bertz CT molecular complexity index is 1240. The van der Waals surface area contributed by atoms with E-state index in [1.54, 1.807) is 17.0 Å². The van der Waals surface area contributed by atoms with Crippen LogP contribution in [0.25, 0.3) is 11.1 Å². The predicted molar refractivity (Wildman–Crippen MR) is 136 cm³/mol. The highest BCUT2D eigenvalue weighted by atomic mass is 16.6. The molecule has 3 aromatic carbocycles. The van der Waals surface area contributed by atoms with E-state index in [2.05, 4.69) is 24.3 Å². The van der Waals surface area contributed by atoms with Crippen LogP contribution in [-0.2, 0) is 16.0 Å². The number of carboxylic acid groups (broad SMARTS) is 1. The van der Waals surface area contributed by atoms with Gasteiger partial charge in [-0.25, -0.2) is 4.79 Å². The first kappa shape index (κ1) is 23.9. The highest BCUT2D eigenvalue weighted by Gasteiger charge is 2.30. The number of hydrogen-bond acceptors (Lipinski definition) is 6. The fourth-order valence-corrected chi connectivity index (χ4v) is 5.14. The van der Waals surface area contributed by atoms with Gasteiger partial charge in [0.2, 0.25) is 0 Å². The molecule has 1 saturated heterocycles. The van der Waals surface area contributed by atoms with Crippen molar-refractivity contribution < 1.29 is 29.5 Å². The Morgan fingerprint density at radius 3 is 2.08 bits per heavy atom. The molecular weight excluding hydrogens is 459 g/mol. The number of amides is 1. The fourth-order valence-electron chi connectivity index (χ4n) is 5.14. The number of anilines is 1. The Kier molecular flexibility index (Phi) is 6.67. The standard InChI is InChI=1S/C27H27BN2O6/c31-26(32)15-18-13-19(28(34)35)16-20(14-18)29-9-11-30(12-10-29)27(33)36-17-25-23-7-3-1-5-21(23)22-6-2-4-8-24(22)25/h1-8,13-14,16,25,34-35H,9-12,15,17H2,(H,31,32). The Morgan fingerprint density at radius 2 is 1.50 bits per heavy atom. The van der Waals surface area contributed by atoms with E-state index >= 15 is 0 Å². The van der Waals surface area contributed by atoms with Crippen molar-refractivity contribution in [3.8, 4) is 11.1 Å². The molecule has 1 aliphatic carbocycles. The van der Waals surface area contributed by atoms with Gasteiger partial charge in [0.1, 0.15) is 6.61 Å². The van der Waals surface area contributed by atoms with Gasteiger partial charge in [-0.15, -0.1) is 0 Å². The zero-order chi connectivity index (χ0) is 25.2. The van der Waals surface area contributed by atoms with Crippen molar-refractivity contribution in [1.82, 2.24) is 4.90 Å². The first-order chi connectivity index (χ1) is 17.4. The molecule has 0 spiro atoms. The summed E-state index contributed by atoms with van der Waals surface area (Å²) in [6, 6.07) is 21.3. The number of benzene rings is 3. The molecule has 1 heterocycles. The number of carbonyl (C=O) groups excluding carboxylic acids is 1. The summed E-state index contributed by atoms with van der Waals surface area (Å²) >= 11 is 0. The predicted octanol–water partition coefficient (Wildman–Crippen LogP) is 2.06. The van der Waals surface area contributed by atoms with Gasteiger partial charge in [0, 0.05) is 37.8 Å². The molecule has 9 heteroatoms. The van der Waals surface area contributed by atoms with E-state index in [1.165, 1.54) is 28.3 Å². The van der Waals surface area contributed by atoms with Crippen LogP contribution >= 0.6 is 0 Å². The normalized spacial score (nSPS) is 14.8. The van der Waals surface area contributed by atoms with Crippen molar-refractivity contribution in [2.75, 3.05) is 37.7 Å². The number of aliphatic carboxylic acids is 1. The van der Waals surface area contributed by atoms with Crippen molar-refractivity contribution in [3.63, 3.8) is 0 Å². The lowest BCUT2D eigenvalue weighted by atomic mass is 9.79. The summed E-state index contributed by atoms with van der Waals surface area (Å²) in [7, 11) is -1.69. The van der Waals surface area contributed by atoms with Crippen LogP contribution in [0.2, 0.25) is 0 Å². The van der Waals surface area contributed by atoms with Gasteiger partial charge in [-0.3, -0.25) is 4.79 Å². The number of carbonyl (C=O) groups is 2. The van der Waals surface area contributed by atoms with Gasteiger partial charge in [0.05, 0.1) is 6.42 Å². The molecule has 0 radical (unpaired) electrons. The summed E-state index contributed by atoms with van der Waals surface area (Å²) in [4.78, 5) is 27.7.